The van der Waals surface area contributed by atoms with Crippen molar-refractivity contribution in [3.8, 4) is 0 Å². The average Bonchev–Trinajstić information content (AvgIpc) is 2.45. The van der Waals surface area contributed by atoms with Gasteiger partial charge in [-0.3, -0.25) is 10.1 Å². The Morgan fingerprint density at radius 2 is 2.19 bits per heavy atom. The van der Waals surface area contributed by atoms with Crippen LogP contribution in [0.15, 0.2) is 50.8 Å². The third-order valence-electron chi connectivity index (χ3n) is 2.57. The maximum absolute atomic E-state index is 11.0. The number of aromatic nitrogens is 1. The summed E-state index contributed by atoms with van der Waals surface area (Å²) < 4.78 is 0.960. The van der Waals surface area contributed by atoms with Gasteiger partial charge < -0.3 is 5.32 Å². The van der Waals surface area contributed by atoms with E-state index in [9.17, 15) is 10.1 Å². The number of rotatable bonds is 6. The van der Waals surface area contributed by atoms with Crippen molar-refractivity contribution in [2.75, 3.05) is 11.9 Å². The van der Waals surface area contributed by atoms with Crippen LogP contribution in [0.4, 0.5) is 11.5 Å². The summed E-state index contributed by atoms with van der Waals surface area (Å²) in [5.41, 5.74) is 0.0427. The predicted molar refractivity (Wildman–Crippen MR) is 87.9 cm³/mol. The number of nitrogens with zero attached hydrogens (tertiary/aromatic N) is 2. The first-order valence-corrected chi connectivity index (χ1v) is 8.03. The summed E-state index contributed by atoms with van der Waals surface area (Å²) in [5.74, 6) is 0.531. The molecule has 0 saturated heterocycles. The highest BCUT2D eigenvalue weighted by molar-refractivity contribution is 9.10. The molecule has 0 fully saturated rings. The Hall–Kier alpha value is -1.60. The Labute approximate surface area is 135 Å². The van der Waals surface area contributed by atoms with Crippen molar-refractivity contribution in [2.45, 2.75) is 23.3 Å². The van der Waals surface area contributed by atoms with Gasteiger partial charge in [-0.05, 0) is 24.6 Å². The summed E-state index contributed by atoms with van der Waals surface area (Å²) >= 11 is 4.80. The molecule has 5 nitrogen and oxygen atoms in total. The monoisotopic (exact) mass is 367 g/mol. The molecule has 0 aliphatic heterocycles. The molecule has 0 unspecified atom stereocenters. The predicted octanol–water partition coefficient (Wildman–Crippen LogP) is 4.73. The van der Waals surface area contributed by atoms with Gasteiger partial charge in [0.2, 0.25) is 0 Å². The van der Waals surface area contributed by atoms with Crippen LogP contribution in [0.25, 0.3) is 0 Å². The van der Waals surface area contributed by atoms with Gasteiger partial charge in [-0.2, -0.15) is 0 Å². The van der Waals surface area contributed by atoms with Gasteiger partial charge in [0.05, 0.1) is 11.0 Å². The molecular formula is C14H14BrN3O2S. The number of anilines is 1. The van der Waals surface area contributed by atoms with Crippen molar-refractivity contribution in [1.82, 2.24) is 4.98 Å². The van der Waals surface area contributed by atoms with Gasteiger partial charge >= 0.3 is 0 Å². The van der Waals surface area contributed by atoms with Gasteiger partial charge in [0.1, 0.15) is 10.8 Å². The van der Waals surface area contributed by atoms with E-state index in [0.717, 1.165) is 22.3 Å². The average molecular weight is 368 g/mol. The minimum absolute atomic E-state index is 0.0427. The molecule has 1 aromatic heterocycles. The molecule has 0 saturated carbocycles. The van der Waals surface area contributed by atoms with E-state index in [0.29, 0.717) is 10.8 Å². The van der Waals surface area contributed by atoms with Crippen molar-refractivity contribution < 1.29 is 4.92 Å². The molecule has 1 heterocycles. The van der Waals surface area contributed by atoms with Crippen LogP contribution in [-0.2, 0) is 0 Å². The molecule has 7 heteroatoms. The minimum Gasteiger partial charge on any atom is -0.370 e. The highest BCUT2D eigenvalue weighted by Crippen LogP contribution is 2.31. The topological polar surface area (TPSA) is 68.1 Å². The molecule has 1 N–H and O–H groups in total. The number of pyridine rings is 1. The summed E-state index contributed by atoms with van der Waals surface area (Å²) in [7, 11) is 0. The maximum Gasteiger partial charge on any atom is 0.275 e. The van der Waals surface area contributed by atoms with Crippen LogP contribution < -0.4 is 5.32 Å². The fraction of sp³-hybridized carbons (Fsp3) is 0.214. The van der Waals surface area contributed by atoms with E-state index in [2.05, 4.69) is 26.2 Å². The fourth-order valence-corrected chi connectivity index (χ4v) is 3.09. The zero-order valence-electron chi connectivity index (χ0n) is 11.4. The number of benzene rings is 1. The van der Waals surface area contributed by atoms with E-state index < -0.39 is 4.92 Å². The number of hydrogen-bond donors (Lipinski definition) is 1. The number of nitrogens with one attached hydrogen (secondary N) is 1. The maximum atomic E-state index is 11.0. The first-order valence-electron chi connectivity index (χ1n) is 6.42. The Kier molecular flexibility index (Phi) is 5.58. The molecule has 0 atom stereocenters. The van der Waals surface area contributed by atoms with Crippen LogP contribution in [0.5, 0.6) is 0 Å². The Bertz CT molecular complexity index is 652. The SMILES string of the molecule is CCCNc1cc([N+](=O)[O-])cc(Sc2cccc(Br)c2)n1. The smallest absolute Gasteiger partial charge is 0.275 e. The second-order valence-electron chi connectivity index (χ2n) is 4.29. The summed E-state index contributed by atoms with van der Waals surface area (Å²) in [5, 5.41) is 14.7. The lowest BCUT2D eigenvalue weighted by molar-refractivity contribution is -0.385. The van der Waals surface area contributed by atoms with Gasteiger partial charge in [0.25, 0.3) is 5.69 Å². The molecule has 0 amide bonds. The highest BCUT2D eigenvalue weighted by atomic mass is 79.9. The third-order valence-corrected chi connectivity index (χ3v) is 3.97. The Morgan fingerprint density at radius 1 is 1.38 bits per heavy atom. The van der Waals surface area contributed by atoms with Crippen molar-refractivity contribution in [3.63, 3.8) is 0 Å². The van der Waals surface area contributed by atoms with Crippen LogP contribution in [0.2, 0.25) is 0 Å². The van der Waals surface area contributed by atoms with E-state index in [1.54, 1.807) is 0 Å². The van der Waals surface area contributed by atoms with E-state index >= 15 is 0 Å². The van der Waals surface area contributed by atoms with Gasteiger partial charge in [-0.25, -0.2) is 4.98 Å². The zero-order valence-corrected chi connectivity index (χ0v) is 13.8. The Balaban J connectivity index is 2.28. The summed E-state index contributed by atoms with van der Waals surface area (Å²) in [6, 6.07) is 10.7. The molecule has 0 aliphatic rings. The van der Waals surface area contributed by atoms with E-state index in [1.165, 1.54) is 23.9 Å². The third kappa shape index (κ3) is 4.71. The molecule has 110 valence electrons. The van der Waals surface area contributed by atoms with Crippen LogP contribution in [0.3, 0.4) is 0 Å². The first kappa shape index (κ1) is 15.8. The Morgan fingerprint density at radius 3 is 2.86 bits per heavy atom. The molecule has 2 aromatic rings. The van der Waals surface area contributed by atoms with Crippen LogP contribution in [0, 0.1) is 10.1 Å². The lowest BCUT2D eigenvalue weighted by Crippen LogP contribution is -2.03. The van der Waals surface area contributed by atoms with Crippen molar-refractivity contribution >= 4 is 39.2 Å². The second-order valence-corrected chi connectivity index (χ2v) is 6.30. The van der Waals surface area contributed by atoms with Crippen molar-refractivity contribution in [2.24, 2.45) is 0 Å². The fourth-order valence-electron chi connectivity index (χ4n) is 1.64. The molecule has 0 radical (unpaired) electrons. The van der Waals surface area contributed by atoms with Crippen molar-refractivity contribution in [1.29, 1.82) is 0 Å². The molecule has 21 heavy (non-hydrogen) atoms. The van der Waals surface area contributed by atoms with E-state index in [1.807, 2.05) is 31.2 Å². The lowest BCUT2D eigenvalue weighted by Gasteiger charge is -2.07. The standard InChI is InChI=1S/C14H14BrN3O2S/c1-2-6-16-13-8-11(18(19)20)9-14(17-13)21-12-5-3-4-10(15)7-12/h3-5,7-9H,2,6H2,1H3,(H,16,17). The second kappa shape index (κ2) is 7.42. The number of halogens is 1. The number of hydrogen-bond acceptors (Lipinski definition) is 5. The van der Waals surface area contributed by atoms with Crippen LogP contribution in [0.1, 0.15) is 13.3 Å². The molecule has 0 spiro atoms. The van der Waals surface area contributed by atoms with Crippen LogP contribution in [-0.4, -0.2) is 16.5 Å². The number of nitro groups is 1. The van der Waals surface area contributed by atoms with Gasteiger partial charge in [-0.1, -0.05) is 40.7 Å². The largest absolute Gasteiger partial charge is 0.370 e. The zero-order chi connectivity index (χ0) is 15.2. The van der Waals surface area contributed by atoms with Gasteiger partial charge in [0.15, 0.2) is 0 Å². The summed E-state index contributed by atoms with van der Waals surface area (Å²) in [6.45, 7) is 2.76. The summed E-state index contributed by atoms with van der Waals surface area (Å²) in [4.78, 5) is 16.0. The lowest BCUT2D eigenvalue weighted by atomic mass is 10.4. The van der Waals surface area contributed by atoms with E-state index in [4.69, 9.17) is 0 Å². The van der Waals surface area contributed by atoms with Gasteiger partial charge in [0, 0.05) is 22.0 Å². The molecule has 0 bridgehead atoms. The highest BCUT2D eigenvalue weighted by Gasteiger charge is 2.12. The molecule has 0 aliphatic carbocycles. The quantitative estimate of drug-likeness (QED) is 0.590. The van der Waals surface area contributed by atoms with Gasteiger partial charge in [-0.15, -0.1) is 0 Å². The minimum atomic E-state index is -0.399. The normalized spacial score (nSPS) is 10.4. The van der Waals surface area contributed by atoms with Crippen LogP contribution >= 0.6 is 27.7 Å². The molecule has 1 aromatic carbocycles. The van der Waals surface area contributed by atoms with E-state index in [-0.39, 0.29) is 5.69 Å². The van der Waals surface area contributed by atoms with Crippen molar-refractivity contribution in [3.05, 3.63) is 51.0 Å². The molecular weight excluding hydrogens is 354 g/mol. The summed E-state index contributed by atoms with van der Waals surface area (Å²) in [6.07, 6.45) is 0.929. The first-order chi connectivity index (χ1) is 10.1. The molecule has 2 rings (SSSR count).